The number of hydrogen-bond donors (Lipinski definition) is 1. The van der Waals surface area contributed by atoms with Gasteiger partial charge in [-0.25, -0.2) is 9.69 Å². The Morgan fingerprint density at radius 3 is 2.70 bits per heavy atom. The van der Waals surface area contributed by atoms with E-state index in [4.69, 9.17) is 9.47 Å². The molecule has 8 nitrogen and oxygen atoms in total. The average molecular weight is 439 g/mol. The highest BCUT2D eigenvalue weighted by Gasteiger charge is 2.35. The van der Waals surface area contributed by atoms with Gasteiger partial charge in [-0.1, -0.05) is 12.7 Å². The van der Waals surface area contributed by atoms with Crippen LogP contribution in [0.1, 0.15) is 12.5 Å². The molecule has 0 aromatic heterocycles. The fourth-order valence-corrected chi connectivity index (χ4v) is 2.87. The number of amides is 3. The van der Waals surface area contributed by atoms with Gasteiger partial charge in [-0.2, -0.15) is 0 Å². The van der Waals surface area contributed by atoms with E-state index in [1.54, 1.807) is 18.2 Å². The van der Waals surface area contributed by atoms with Gasteiger partial charge >= 0.3 is 12.0 Å². The highest BCUT2D eigenvalue weighted by Crippen LogP contribution is 2.37. The number of benzene rings is 1. The second-order valence-corrected chi connectivity index (χ2v) is 6.17. The molecule has 1 aromatic rings. The van der Waals surface area contributed by atoms with E-state index in [-0.39, 0.29) is 5.70 Å². The Labute approximate surface area is 164 Å². The SMILES string of the molecule is C=CCOc1c(Br)cc(/C=C2/NC(=O)N(CC(=O)OC)C2=O)cc1OCC. The Hall–Kier alpha value is -2.81. The molecule has 1 saturated heterocycles. The third kappa shape index (κ3) is 4.88. The Balaban J connectivity index is 2.32. The lowest BCUT2D eigenvalue weighted by atomic mass is 10.1. The summed E-state index contributed by atoms with van der Waals surface area (Å²) < 4.78 is 16.3. The number of nitrogens with one attached hydrogen (secondary N) is 1. The third-order valence-electron chi connectivity index (χ3n) is 3.47. The van der Waals surface area contributed by atoms with Gasteiger partial charge in [0.15, 0.2) is 11.5 Å². The molecule has 9 heteroatoms. The first-order valence-corrected chi connectivity index (χ1v) is 8.81. The second-order valence-electron chi connectivity index (χ2n) is 5.32. The number of carbonyl (C=O) groups excluding carboxylic acids is 3. The summed E-state index contributed by atoms with van der Waals surface area (Å²) in [6, 6.07) is 2.71. The van der Waals surface area contributed by atoms with Crippen LogP contribution in [0, 0.1) is 0 Å². The molecule has 1 aromatic carbocycles. The van der Waals surface area contributed by atoms with Gasteiger partial charge in [0.1, 0.15) is 18.8 Å². The summed E-state index contributed by atoms with van der Waals surface area (Å²) in [6.07, 6.45) is 3.10. The molecular formula is C18H19BrN2O6. The van der Waals surface area contributed by atoms with Crippen LogP contribution in [-0.2, 0) is 14.3 Å². The fourth-order valence-electron chi connectivity index (χ4n) is 2.29. The van der Waals surface area contributed by atoms with Gasteiger partial charge in [0, 0.05) is 0 Å². The standard InChI is InChI=1S/C18H19BrN2O6/c1-4-6-27-16-12(19)7-11(9-14(16)26-5-2)8-13-17(23)21(18(24)20-13)10-15(22)25-3/h4,7-9H,1,5-6,10H2,2-3H3,(H,20,24)/b13-8+. The fraction of sp³-hybridized carbons (Fsp3) is 0.278. The number of esters is 1. The molecule has 2 rings (SSSR count). The number of imide groups is 1. The van der Waals surface area contributed by atoms with E-state index in [1.165, 1.54) is 13.2 Å². The Kier molecular flexibility index (Phi) is 7.00. The molecular weight excluding hydrogens is 420 g/mol. The van der Waals surface area contributed by atoms with Crippen LogP contribution in [0.2, 0.25) is 0 Å². The van der Waals surface area contributed by atoms with Crippen LogP contribution in [0.5, 0.6) is 11.5 Å². The van der Waals surface area contributed by atoms with Gasteiger partial charge in [0.2, 0.25) is 0 Å². The smallest absolute Gasteiger partial charge is 0.329 e. The first-order valence-electron chi connectivity index (χ1n) is 8.02. The third-order valence-corrected chi connectivity index (χ3v) is 4.05. The van der Waals surface area contributed by atoms with Crippen LogP contribution in [0.4, 0.5) is 4.79 Å². The summed E-state index contributed by atoms with van der Waals surface area (Å²) in [7, 11) is 1.18. The van der Waals surface area contributed by atoms with Gasteiger partial charge in [0.05, 0.1) is 18.2 Å². The normalized spacial score (nSPS) is 14.9. The molecule has 3 amide bonds. The highest BCUT2D eigenvalue weighted by atomic mass is 79.9. The minimum Gasteiger partial charge on any atom is -0.490 e. The maximum atomic E-state index is 12.4. The van der Waals surface area contributed by atoms with E-state index in [1.807, 2.05) is 6.92 Å². The zero-order valence-corrected chi connectivity index (χ0v) is 16.5. The largest absolute Gasteiger partial charge is 0.490 e. The summed E-state index contributed by atoms with van der Waals surface area (Å²) in [5.41, 5.74) is 0.637. The van der Waals surface area contributed by atoms with E-state index < -0.39 is 24.5 Å². The van der Waals surface area contributed by atoms with Gasteiger partial charge in [-0.15, -0.1) is 0 Å². The summed E-state index contributed by atoms with van der Waals surface area (Å²) in [5, 5.41) is 2.44. The number of rotatable bonds is 8. The first-order chi connectivity index (χ1) is 12.9. The Morgan fingerprint density at radius 2 is 2.07 bits per heavy atom. The van der Waals surface area contributed by atoms with Crippen molar-refractivity contribution >= 4 is 39.9 Å². The minimum atomic E-state index is -0.690. The summed E-state index contributed by atoms with van der Waals surface area (Å²) >= 11 is 3.42. The molecule has 0 atom stereocenters. The number of halogens is 1. The topological polar surface area (TPSA) is 94.2 Å². The van der Waals surface area contributed by atoms with Gasteiger partial charge < -0.3 is 19.5 Å². The number of nitrogens with zero attached hydrogens (tertiary/aromatic N) is 1. The van der Waals surface area contributed by atoms with Crippen molar-refractivity contribution in [3.8, 4) is 11.5 Å². The van der Waals surface area contributed by atoms with Crippen molar-refractivity contribution < 1.29 is 28.6 Å². The lowest BCUT2D eigenvalue weighted by Crippen LogP contribution is -2.36. The predicted molar refractivity (Wildman–Crippen MR) is 101 cm³/mol. The van der Waals surface area contributed by atoms with Crippen molar-refractivity contribution in [2.24, 2.45) is 0 Å². The molecule has 144 valence electrons. The Morgan fingerprint density at radius 1 is 1.33 bits per heavy atom. The van der Waals surface area contributed by atoms with Crippen LogP contribution in [0.15, 0.2) is 35.0 Å². The van der Waals surface area contributed by atoms with Gasteiger partial charge in [0.25, 0.3) is 5.91 Å². The molecule has 27 heavy (non-hydrogen) atoms. The lowest BCUT2D eigenvalue weighted by Gasteiger charge is -2.14. The van der Waals surface area contributed by atoms with Crippen molar-refractivity contribution in [1.82, 2.24) is 10.2 Å². The number of ether oxygens (including phenoxy) is 3. The molecule has 1 fully saturated rings. The summed E-state index contributed by atoms with van der Waals surface area (Å²) in [4.78, 5) is 36.4. The van der Waals surface area contributed by atoms with Crippen LogP contribution in [0.3, 0.4) is 0 Å². The molecule has 0 spiro atoms. The molecule has 1 heterocycles. The molecule has 0 radical (unpaired) electrons. The molecule has 1 aliphatic rings. The maximum Gasteiger partial charge on any atom is 0.329 e. The van der Waals surface area contributed by atoms with Crippen molar-refractivity contribution in [1.29, 1.82) is 0 Å². The highest BCUT2D eigenvalue weighted by molar-refractivity contribution is 9.10. The molecule has 1 aliphatic heterocycles. The average Bonchev–Trinajstić information content (AvgIpc) is 2.88. The van der Waals surface area contributed by atoms with Crippen molar-refractivity contribution in [2.45, 2.75) is 6.92 Å². The molecule has 0 saturated carbocycles. The Bertz CT molecular complexity index is 805. The zero-order valence-electron chi connectivity index (χ0n) is 14.9. The van der Waals surface area contributed by atoms with Crippen molar-refractivity contribution in [3.05, 3.63) is 40.5 Å². The number of urea groups is 1. The van der Waals surface area contributed by atoms with E-state index in [2.05, 4.69) is 32.6 Å². The monoisotopic (exact) mass is 438 g/mol. The maximum absolute atomic E-state index is 12.4. The van der Waals surface area contributed by atoms with E-state index in [0.717, 1.165) is 4.90 Å². The van der Waals surface area contributed by atoms with Crippen molar-refractivity contribution in [2.75, 3.05) is 26.9 Å². The van der Waals surface area contributed by atoms with Crippen molar-refractivity contribution in [3.63, 3.8) is 0 Å². The number of methoxy groups -OCH3 is 1. The van der Waals surface area contributed by atoms with Gasteiger partial charge in [-0.05, 0) is 46.6 Å². The summed E-state index contributed by atoms with van der Waals surface area (Å²) in [5.74, 6) is -0.326. The summed E-state index contributed by atoms with van der Waals surface area (Å²) in [6.45, 7) is 5.71. The van der Waals surface area contributed by atoms with Gasteiger partial charge in [-0.3, -0.25) is 9.59 Å². The van der Waals surface area contributed by atoms with Crippen LogP contribution in [0.25, 0.3) is 6.08 Å². The molecule has 0 aliphatic carbocycles. The first kappa shape index (κ1) is 20.5. The molecule has 1 N–H and O–H groups in total. The van der Waals surface area contributed by atoms with Crippen LogP contribution in [-0.4, -0.2) is 49.7 Å². The molecule has 0 unspecified atom stereocenters. The zero-order chi connectivity index (χ0) is 20.0. The van der Waals surface area contributed by atoms with E-state index in [0.29, 0.717) is 34.7 Å². The minimum absolute atomic E-state index is 0.0398. The van der Waals surface area contributed by atoms with E-state index in [9.17, 15) is 14.4 Å². The lowest BCUT2D eigenvalue weighted by molar-refractivity contribution is -0.143. The van der Waals surface area contributed by atoms with E-state index >= 15 is 0 Å². The van der Waals surface area contributed by atoms with Crippen LogP contribution < -0.4 is 14.8 Å². The molecule has 0 bridgehead atoms. The quantitative estimate of drug-likeness (QED) is 0.290. The number of hydrogen-bond acceptors (Lipinski definition) is 6. The second kappa shape index (κ2) is 9.22. The van der Waals surface area contributed by atoms with Crippen LogP contribution >= 0.6 is 15.9 Å². The predicted octanol–water partition coefficient (Wildman–Crippen LogP) is 2.48. The number of carbonyl (C=O) groups is 3.